The number of nitrogens with zero attached hydrogens (tertiary/aromatic N) is 2. The van der Waals surface area contributed by atoms with Crippen molar-refractivity contribution in [2.75, 3.05) is 11.5 Å². The molecule has 0 amide bonds. The minimum absolute atomic E-state index is 0.536. The minimum atomic E-state index is 0.536. The molecule has 0 atom stereocenters. The maximum atomic E-state index is 5.78. The molecule has 3 rings (SSSR count). The molecule has 2 aromatic rings. The molecule has 0 radical (unpaired) electrons. The van der Waals surface area contributed by atoms with Crippen LogP contribution in [-0.4, -0.2) is 14.5 Å². The lowest BCUT2D eigenvalue weighted by Gasteiger charge is -2.15. The fourth-order valence-corrected chi connectivity index (χ4v) is 3.42. The van der Waals surface area contributed by atoms with Gasteiger partial charge in [0.15, 0.2) is 5.82 Å². The predicted molar refractivity (Wildman–Crippen MR) is 68.8 cm³/mol. The number of hydrogen-bond acceptors (Lipinski definition) is 5. The van der Waals surface area contributed by atoms with Crippen LogP contribution >= 0.6 is 23.5 Å². The molecule has 0 bridgehead atoms. The number of benzene rings is 1. The maximum absolute atomic E-state index is 5.78. The molecule has 1 aliphatic heterocycles. The number of anilines is 1. The highest BCUT2D eigenvalue weighted by molar-refractivity contribution is 7.99. The fourth-order valence-electron chi connectivity index (χ4n) is 1.90. The van der Waals surface area contributed by atoms with Gasteiger partial charge in [0.1, 0.15) is 5.69 Å². The van der Waals surface area contributed by atoms with E-state index in [4.69, 9.17) is 5.73 Å². The maximum Gasteiger partial charge on any atom is 0.165 e. The Morgan fingerprint density at radius 3 is 3.00 bits per heavy atom. The van der Waals surface area contributed by atoms with E-state index in [0.29, 0.717) is 5.82 Å². The molecular weight excluding hydrogens is 238 g/mol. The molecule has 0 saturated heterocycles. The van der Waals surface area contributed by atoms with Crippen molar-refractivity contribution >= 4 is 29.3 Å². The monoisotopic (exact) mass is 249 g/mol. The van der Waals surface area contributed by atoms with Gasteiger partial charge in [0.25, 0.3) is 0 Å². The Morgan fingerprint density at radius 1 is 1.25 bits per heavy atom. The third-order valence-corrected chi connectivity index (χ3v) is 4.44. The predicted octanol–water partition coefficient (Wildman–Crippen LogP) is 2.83. The molecule has 2 heterocycles. The van der Waals surface area contributed by atoms with Crippen LogP contribution < -0.4 is 5.73 Å². The smallest absolute Gasteiger partial charge is 0.165 e. The van der Waals surface area contributed by atoms with E-state index in [1.165, 1.54) is 34.4 Å². The summed E-state index contributed by atoms with van der Waals surface area (Å²) in [5.74, 6) is 1.76. The summed E-state index contributed by atoms with van der Waals surface area (Å²) in [6, 6.07) is 6.46. The van der Waals surface area contributed by atoms with E-state index in [1.807, 2.05) is 11.8 Å². The van der Waals surface area contributed by atoms with Gasteiger partial charge in [-0.3, -0.25) is 0 Å². The van der Waals surface area contributed by atoms with E-state index in [-0.39, 0.29) is 0 Å². The summed E-state index contributed by atoms with van der Waals surface area (Å²) < 4.78 is 8.24. The van der Waals surface area contributed by atoms with E-state index in [1.54, 1.807) is 0 Å². The number of thioether (sulfide) groups is 1. The molecule has 1 aromatic heterocycles. The first-order valence-electron chi connectivity index (χ1n) is 5.19. The van der Waals surface area contributed by atoms with Gasteiger partial charge in [-0.05, 0) is 36.3 Å². The number of nitrogen functional groups attached to an aromatic ring is 1. The second-order valence-electron chi connectivity index (χ2n) is 3.77. The van der Waals surface area contributed by atoms with E-state index in [0.717, 1.165) is 17.7 Å². The lowest BCUT2D eigenvalue weighted by Crippen LogP contribution is -1.98. The second kappa shape index (κ2) is 4.07. The highest BCUT2D eigenvalue weighted by Crippen LogP contribution is 2.33. The molecule has 1 aromatic carbocycles. The number of aryl methyl sites for hydroxylation is 1. The van der Waals surface area contributed by atoms with Gasteiger partial charge in [0.05, 0.1) is 11.7 Å². The van der Waals surface area contributed by atoms with Crippen molar-refractivity contribution in [3.05, 3.63) is 23.8 Å². The molecule has 5 heteroatoms. The molecule has 82 valence electrons. The zero-order valence-corrected chi connectivity index (χ0v) is 10.3. The van der Waals surface area contributed by atoms with Crippen LogP contribution in [0.1, 0.15) is 12.0 Å². The third kappa shape index (κ3) is 1.70. The Hall–Kier alpha value is -1.07. The second-order valence-corrected chi connectivity index (χ2v) is 5.44. The van der Waals surface area contributed by atoms with Gasteiger partial charge in [-0.1, -0.05) is 6.07 Å². The molecule has 0 fully saturated rings. The molecule has 1 aliphatic rings. The molecule has 0 unspecified atom stereocenters. The van der Waals surface area contributed by atoms with Gasteiger partial charge < -0.3 is 5.73 Å². The third-order valence-electron chi connectivity index (χ3n) is 2.70. The average Bonchev–Trinajstić information content (AvgIpc) is 2.75. The van der Waals surface area contributed by atoms with Gasteiger partial charge in [-0.25, -0.2) is 0 Å². The summed E-state index contributed by atoms with van der Waals surface area (Å²) in [5, 5.41) is 0. The number of aromatic nitrogens is 2. The quantitative estimate of drug-likeness (QED) is 0.844. The van der Waals surface area contributed by atoms with Gasteiger partial charge in [-0.15, -0.1) is 11.8 Å². The van der Waals surface area contributed by atoms with Crippen molar-refractivity contribution in [1.82, 2.24) is 8.75 Å². The number of fused-ring (bicyclic) bond motifs is 1. The van der Waals surface area contributed by atoms with E-state index < -0.39 is 0 Å². The molecule has 2 N–H and O–H groups in total. The van der Waals surface area contributed by atoms with E-state index >= 15 is 0 Å². The fraction of sp³-hybridized carbons (Fsp3) is 0.273. The summed E-state index contributed by atoms with van der Waals surface area (Å²) in [4.78, 5) is 1.40. The summed E-state index contributed by atoms with van der Waals surface area (Å²) in [6.45, 7) is 0. The lowest BCUT2D eigenvalue weighted by molar-refractivity contribution is 0.890. The number of hydrogen-bond donors (Lipinski definition) is 1. The lowest BCUT2D eigenvalue weighted by atomic mass is 10.0. The SMILES string of the molecule is Nc1nsnc1-c1ccc2c(c1)CCCS2. The summed E-state index contributed by atoms with van der Waals surface area (Å²) >= 11 is 3.10. The van der Waals surface area contributed by atoms with Crippen molar-refractivity contribution < 1.29 is 0 Å². The van der Waals surface area contributed by atoms with Crippen molar-refractivity contribution in [1.29, 1.82) is 0 Å². The van der Waals surface area contributed by atoms with Crippen LogP contribution in [0.5, 0.6) is 0 Å². The minimum Gasteiger partial charge on any atom is -0.381 e. The standard InChI is InChI=1S/C11H11N3S2/c12-11-10(13-16-14-11)8-3-4-9-7(6-8)2-1-5-15-9/h3-4,6H,1-2,5H2,(H2,12,14). The zero-order chi connectivity index (χ0) is 11.0. The van der Waals surface area contributed by atoms with E-state index in [9.17, 15) is 0 Å². The van der Waals surface area contributed by atoms with Crippen LogP contribution in [0.3, 0.4) is 0 Å². The summed E-state index contributed by atoms with van der Waals surface area (Å²) in [5.41, 5.74) is 9.11. The number of nitrogens with two attached hydrogens (primary N) is 1. The Labute approximate surface area is 102 Å². The van der Waals surface area contributed by atoms with E-state index in [2.05, 4.69) is 26.9 Å². The average molecular weight is 249 g/mol. The highest BCUT2D eigenvalue weighted by atomic mass is 32.2. The van der Waals surface area contributed by atoms with Crippen LogP contribution in [0, 0.1) is 0 Å². The van der Waals surface area contributed by atoms with Gasteiger partial charge in [-0.2, -0.15) is 8.75 Å². The highest BCUT2D eigenvalue weighted by Gasteiger charge is 2.13. The molecule has 16 heavy (non-hydrogen) atoms. The van der Waals surface area contributed by atoms with Gasteiger partial charge in [0, 0.05) is 10.5 Å². The first-order valence-corrected chi connectivity index (χ1v) is 6.90. The van der Waals surface area contributed by atoms with Crippen molar-refractivity contribution in [3.8, 4) is 11.3 Å². The largest absolute Gasteiger partial charge is 0.381 e. The van der Waals surface area contributed by atoms with Gasteiger partial charge in [0.2, 0.25) is 0 Å². The van der Waals surface area contributed by atoms with Crippen molar-refractivity contribution in [3.63, 3.8) is 0 Å². The summed E-state index contributed by atoms with van der Waals surface area (Å²) in [7, 11) is 0. The first-order chi connectivity index (χ1) is 7.84. The van der Waals surface area contributed by atoms with Crippen molar-refractivity contribution in [2.24, 2.45) is 0 Å². The molecule has 0 saturated carbocycles. The van der Waals surface area contributed by atoms with Gasteiger partial charge >= 0.3 is 0 Å². The Bertz CT molecular complexity index is 522. The molecular formula is C11H11N3S2. The molecule has 0 aliphatic carbocycles. The van der Waals surface area contributed by atoms with Crippen molar-refractivity contribution in [2.45, 2.75) is 17.7 Å². The van der Waals surface area contributed by atoms with Crippen LogP contribution in [0.25, 0.3) is 11.3 Å². The Balaban J connectivity index is 2.06. The molecule has 3 nitrogen and oxygen atoms in total. The number of rotatable bonds is 1. The molecule has 0 spiro atoms. The Morgan fingerprint density at radius 2 is 2.19 bits per heavy atom. The normalized spacial score (nSPS) is 14.8. The Kier molecular flexibility index (Phi) is 2.57. The van der Waals surface area contributed by atoms with Crippen LogP contribution in [0.4, 0.5) is 5.82 Å². The first kappa shape index (κ1) is 10.1. The van der Waals surface area contributed by atoms with Crippen LogP contribution in [0.15, 0.2) is 23.1 Å². The van der Waals surface area contributed by atoms with Crippen LogP contribution in [-0.2, 0) is 6.42 Å². The zero-order valence-electron chi connectivity index (χ0n) is 8.64. The topological polar surface area (TPSA) is 51.8 Å². The summed E-state index contributed by atoms with van der Waals surface area (Å²) in [6.07, 6.45) is 2.42. The van der Waals surface area contributed by atoms with Crippen LogP contribution in [0.2, 0.25) is 0 Å².